The van der Waals surface area contributed by atoms with Crippen LogP contribution in [0, 0.1) is 59.2 Å². The Balaban J connectivity index is 1.05. The molecule has 174 valence electrons. The predicted octanol–water partition coefficient (Wildman–Crippen LogP) is 8.04. The second kappa shape index (κ2) is 9.63. The highest BCUT2D eigenvalue weighted by atomic mass is 14.8. The molecular formula is C31H45N. The highest BCUT2D eigenvalue weighted by Gasteiger charge is 2.45. The summed E-state index contributed by atoms with van der Waals surface area (Å²) in [6, 6.07) is 0. The van der Waals surface area contributed by atoms with Crippen LogP contribution in [0.2, 0.25) is 0 Å². The number of hydrogen-bond acceptors (Lipinski definition) is 1. The van der Waals surface area contributed by atoms with E-state index < -0.39 is 0 Å². The van der Waals surface area contributed by atoms with E-state index in [4.69, 9.17) is 0 Å². The maximum Gasteiger partial charge on any atom is 0.0465 e. The lowest BCUT2D eigenvalue weighted by Gasteiger charge is -2.49. The van der Waals surface area contributed by atoms with Crippen LogP contribution >= 0.6 is 0 Å². The predicted molar refractivity (Wildman–Crippen MR) is 136 cm³/mol. The average Bonchev–Trinajstić information content (AvgIpc) is 2.84. The van der Waals surface area contributed by atoms with Crippen LogP contribution in [0.3, 0.4) is 0 Å². The third kappa shape index (κ3) is 4.23. The average molecular weight is 432 g/mol. The molecule has 32 heavy (non-hydrogen) atoms. The molecule has 8 atom stereocenters. The number of rotatable bonds is 4. The van der Waals surface area contributed by atoms with E-state index in [2.05, 4.69) is 47.7 Å². The van der Waals surface area contributed by atoms with E-state index in [-0.39, 0.29) is 0 Å². The van der Waals surface area contributed by atoms with Crippen LogP contribution < -0.4 is 0 Å². The zero-order valence-corrected chi connectivity index (χ0v) is 20.2. The molecule has 2 fully saturated rings. The third-order valence-electron chi connectivity index (χ3n) is 10.9. The highest BCUT2D eigenvalue weighted by molar-refractivity contribution is 5.66. The number of nitrogens with zero attached hydrogens (tertiary/aromatic N) is 1. The van der Waals surface area contributed by atoms with Gasteiger partial charge < -0.3 is 0 Å². The van der Waals surface area contributed by atoms with E-state index in [0.717, 1.165) is 65.7 Å². The van der Waals surface area contributed by atoms with E-state index in [1.54, 1.807) is 0 Å². The highest BCUT2D eigenvalue weighted by Crippen LogP contribution is 2.52. The molecule has 1 nitrogen and oxygen atoms in total. The summed E-state index contributed by atoms with van der Waals surface area (Å²) in [4.78, 5) is 4.45. The minimum Gasteiger partial charge on any atom is -0.296 e. The molecule has 1 aliphatic heterocycles. The Labute approximate surface area is 196 Å². The standard InChI is InChI=1S/C31H45N/c1-2-6-22(7-3-1)23-10-12-24(13-11-23)25-14-16-26(17-15-25)28-18-19-29(27-20-32-21-27)31-9-5-4-8-30(28)31/h1-2,4,8,14,16,20,22-31H,3,5-7,9-13,15,17-19,21H2. The zero-order chi connectivity index (χ0) is 21.3. The molecule has 0 saturated heterocycles. The van der Waals surface area contributed by atoms with Gasteiger partial charge in [-0.2, -0.15) is 0 Å². The Bertz CT molecular complexity index is 750. The monoisotopic (exact) mass is 431 g/mol. The van der Waals surface area contributed by atoms with Gasteiger partial charge in [0.15, 0.2) is 0 Å². The second-order valence-corrected chi connectivity index (χ2v) is 12.3. The Hall–Kier alpha value is -1.11. The first-order chi connectivity index (χ1) is 15.9. The quantitative estimate of drug-likeness (QED) is 0.399. The lowest BCUT2D eigenvalue weighted by Crippen LogP contribution is -2.43. The zero-order valence-electron chi connectivity index (χ0n) is 20.2. The molecule has 0 aromatic rings. The van der Waals surface area contributed by atoms with Gasteiger partial charge in [-0.15, -0.1) is 0 Å². The van der Waals surface area contributed by atoms with Crippen molar-refractivity contribution in [1.82, 2.24) is 0 Å². The van der Waals surface area contributed by atoms with Crippen LogP contribution in [0.1, 0.15) is 83.5 Å². The van der Waals surface area contributed by atoms with Gasteiger partial charge in [0, 0.05) is 18.7 Å². The molecule has 5 aliphatic carbocycles. The Morgan fingerprint density at radius 2 is 1.25 bits per heavy atom. The fourth-order valence-corrected chi connectivity index (χ4v) is 9.03. The number of allylic oxidation sites excluding steroid dienone is 6. The SMILES string of the molecule is C1=CCC(C2CCC(C3C=CC(C4CCC(C5C=NC5)C5CCC=CC45)CC3)CC2)CC1. The molecule has 0 N–H and O–H groups in total. The molecule has 1 heteroatoms. The summed E-state index contributed by atoms with van der Waals surface area (Å²) in [5.41, 5.74) is 0. The van der Waals surface area contributed by atoms with Gasteiger partial charge in [0.2, 0.25) is 0 Å². The molecule has 0 radical (unpaired) electrons. The largest absolute Gasteiger partial charge is 0.296 e. The molecule has 1 heterocycles. The lowest BCUT2D eigenvalue weighted by molar-refractivity contribution is 0.0581. The topological polar surface area (TPSA) is 12.4 Å². The molecule has 6 aliphatic rings. The summed E-state index contributed by atoms with van der Waals surface area (Å²) < 4.78 is 0. The Kier molecular flexibility index (Phi) is 6.45. The Morgan fingerprint density at radius 3 is 1.97 bits per heavy atom. The molecule has 2 saturated carbocycles. The summed E-state index contributed by atoms with van der Waals surface area (Å²) in [5, 5.41) is 0. The number of fused-ring (bicyclic) bond motifs is 1. The molecule has 0 spiro atoms. The minimum atomic E-state index is 0.806. The summed E-state index contributed by atoms with van der Waals surface area (Å²) in [7, 11) is 0. The Morgan fingerprint density at radius 1 is 0.500 bits per heavy atom. The van der Waals surface area contributed by atoms with Crippen LogP contribution in [0.25, 0.3) is 0 Å². The first-order valence-corrected chi connectivity index (χ1v) is 14.4. The van der Waals surface area contributed by atoms with Gasteiger partial charge in [0.25, 0.3) is 0 Å². The van der Waals surface area contributed by atoms with Crippen molar-refractivity contribution in [1.29, 1.82) is 0 Å². The van der Waals surface area contributed by atoms with Gasteiger partial charge in [-0.3, -0.25) is 4.99 Å². The molecule has 0 bridgehead atoms. The van der Waals surface area contributed by atoms with Crippen molar-refractivity contribution in [2.75, 3.05) is 6.54 Å². The maximum absolute atomic E-state index is 4.45. The summed E-state index contributed by atoms with van der Waals surface area (Å²) in [6.07, 6.45) is 36.6. The van der Waals surface area contributed by atoms with Crippen molar-refractivity contribution in [3.63, 3.8) is 0 Å². The molecule has 6 rings (SSSR count). The van der Waals surface area contributed by atoms with Crippen molar-refractivity contribution < 1.29 is 0 Å². The van der Waals surface area contributed by atoms with E-state index in [9.17, 15) is 0 Å². The van der Waals surface area contributed by atoms with Crippen molar-refractivity contribution in [2.24, 2.45) is 64.2 Å². The molecule has 0 aromatic heterocycles. The van der Waals surface area contributed by atoms with Crippen molar-refractivity contribution >= 4 is 6.21 Å². The first-order valence-electron chi connectivity index (χ1n) is 14.4. The van der Waals surface area contributed by atoms with E-state index in [1.165, 1.54) is 83.5 Å². The van der Waals surface area contributed by atoms with Crippen LogP contribution in [0.4, 0.5) is 0 Å². The van der Waals surface area contributed by atoms with Gasteiger partial charge >= 0.3 is 0 Å². The van der Waals surface area contributed by atoms with Gasteiger partial charge in [0.05, 0.1) is 0 Å². The smallest absolute Gasteiger partial charge is 0.0465 e. The van der Waals surface area contributed by atoms with Gasteiger partial charge in [-0.1, -0.05) is 36.5 Å². The van der Waals surface area contributed by atoms with Crippen molar-refractivity contribution in [3.8, 4) is 0 Å². The normalized spacial score (nSPS) is 48.2. The number of aliphatic imine (C=N–C) groups is 1. The van der Waals surface area contributed by atoms with Gasteiger partial charge in [0.1, 0.15) is 0 Å². The van der Waals surface area contributed by atoms with Gasteiger partial charge in [-0.05, 0) is 137 Å². The molecule has 0 amide bonds. The first kappa shape index (κ1) is 21.4. The lowest BCUT2D eigenvalue weighted by atomic mass is 9.56. The minimum absolute atomic E-state index is 0.806. The fourth-order valence-electron chi connectivity index (χ4n) is 9.03. The third-order valence-corrected chi connectivity index (χ3v) is 10.9. The second-order valence-electron chi connectivity index (χ2n) is 12.3. The van der Waals surface area contributed by atoms with E-state index in [1.807, 2.05) is 0 Å². The van der Waals surface area contributed by atoms with Crippen LogP contribution in [0.15, 0.2) is 41.4 Å². The summed E-state index contributed by atoms with van der Waals surface area (Å²) in [6.45, 7) is 1.12. The maximum atomic E-state index is 4.45. The summed E-state index contributed by atoms with van der Waals surface area (Å²) in [5.74, 6) is 9.19. The molecular weight excluding hydrogens is 386 g/mol. The van der Waals surface area contributed by atoms with E-state index >= 15 is 0 Å². The van der Waals surface area contributed by atoms with Crippen molar-refractivity contribution in [2.45, 2.75) is 83.5 Å². The summed E-state index contributed by atoms with van der Waals surface area (Å²) >= 11 is 0. The van der Waals surface area contributed by atoms with Crippen molar-refractivity contribution in [3.05, 3.63) is 36.5 Å². The van der Waals surface area contributed by atoms with Crippen LogP contribution in [0.5, 0.6) is 0 Å². The number of hydrogen-bond donors (Lipinski definition) is 0. The molecule has 8 unspecified atom stereocenters. The fraction of sp³-hybridized carbons (Fsp3) is 0.774. The van der Waals surface area contributed by atoms with Crippen LogP contribution in [-0.4, -0.2) is 12.8 Å². The molecule has 0 aromatic carbocycles. The van der Waals surface area contributed by atoms with E-state index in [0.29, 0.717) is 0 Å². The van der Waals surface area contributed by atoms with Crippen LogP contribution in [-0.2, 0) is 0 Å². The van der Waals surface area contributed by atoms with Gasteiger partial charge in [-0.25, -0.2) is 0 Å².